The average molecular weight is 338 g/mol. The zero-order chi connectivity index (χ0) is 17.8. The topological polar surface area (TPSA) is 91.7 Å². The summed E-state index contributed by atoms with van der Waals surface area (Å²) in [7, 11) is 0. The van der Waals surface area contributed by atoms with E-state index in [0.717, 1.165) is 77.0 Å². The van der Waals surface area contributed by atoms with E-state index < -0.39 is 22.8 Å². The van der Waals surface area contributed by atoms with E-state index in [4.69, 9.17) is 10.2 Å². The first-order chi connectivity index (χ1) is 11.3. The highest BCUT2D eigenvalue weighted by atomic mass is 16.4. The summed E-state index contributed by atoms with van der Waals surface area (Å²) < 4.78 is 0. The molecule has 0 aliphatic heterocycles. The van der Waals surface area contributed by atoms with Crippen molar-refractivity contribution < 1.29 is 24.6 Å². The second kappa shape index (κ2) is 7.66. The molecule has 5 nitrogen and oxygen atoms in total. The molecule has 2 fully saturated rings. The SMILES string of the molecule is CC(=O)C(CCCCC1(C(=O)O)CC1)CCCCC1(C(=O)O)CC1. The summed E-state index contributed by atoms with van der Waals surface area (Å²) in [5, 5.41) is 18.3. The second-order valence-corrected chi connectivity index (χ2v) is 7.97. The highest BCUT2D eigenvalue weighted by Crippen LogP contribution is 2.51. The number of hydrogen-bond donors (Lipinski definition) is 2. The minimum Gasteiger partial charge on any atom is -0.481 e. The number of rotatable bonds is 13. The number of hydrogen-bond acceptors (Lipinski definition) is 3. The van der Waals surface area contributed by atoms with Gasteiger partial charge in [0, 0.05) is 5.92 Å². The first-order valence-corrected chi connectivity index (χ1v) is 9.29. The maximum Gasteiger partial charge on any atom is 0.309 e. The van der Waals surface area contributed by atoms with Crippen LogP contribution in [0, 0.1) is 16.7 Å². The summed E-state index contributed by atoms with van der Waals surface area (Å²) in [6.45, 7) is 1.63. The Morgan fingerprint density at radius 1 is 0.792 bits per heavy atom. The molecule has 0 aromatic rings. The highest BCUT2D eigenvalue weighted by Gasteiger charge is 2.49. The third kappa shape index (κ3) is 4.81. The minimum atomic E-state index is -0.668. The van der Waals surface area contributed by atoms with E-state index >= 15 is 0 Å². The minimum absolute atomic E-state index is 0.0463. The van der Waals surface area contributed by atoms with E-state index in [-0.39, 0.29) is 11.7 Å². The van der Waals surface area contributed by atoms with Crippen molar-refractivity contribution >= 4 is 17.7 Å². The van der Waals surface area contributed by atoms with E-state index in [0.29, 0.717) is 0 Å². The van der Waals surface area contributed by atoms with Crippen LogP contribution in [0.2, 0.25) is 0 Å². The molecule has 2 aliphatic carbocycles. The predicted molar refractivity (Wildman–Crippen MR) is 89.7 cm³/mol. The Balaban J connectivity index is 1.60. The molecule has 24 heavy (non-hydrogen) atoms. The van der Waals surface area contributed by atoms with Gasteiger partial charge in [-0.25, -0.2) is 0 Å². The molecule has 2 N–H and O–H groups in total. The molecular weight excluding hydrogens is 308 g/mol. The van der Waals surface area contributed by atoms with Crippen molar-refractivity contribution in [3.8, 4) is 0 Å². The Labute approximate surface area is 143 Å². The van der Waals surface area contributed by atoms with Crippen molar-refractivity contribution in [1.82, 2.24) is 0 Å². The fourth-order valence-electron chi connectivity index (χ4n) is 3.70. The zero-order valence-electron chi connectivity index (χ0n) is 14.7. The number of carbonyl (C=O) groups excluding carboxylic acids is 1. The van der Waals surface area contributed by atoms with Crippen molar-refractivity contribution in [1.29, 1.82) is 0 Å². The van der Waals surface area contributed by atoms with Crippen molar-refractivity contribution in [3.05, 3.63) is 0 Å². The van der Waals surface area contributed by atoms with Gasteiger partial charge in [-0.05, 0) is 58.3 Å². The van der Waals surface area contributed by atoms with Gasteiger partial charge >= 0.3 is 11.9 Å². The zero-order valence-corrected chi connectivity index (χ0v) is 14.7. The molecule has 0 atom stereocenters. The number of carboxylic acids is 2. The summed E-state index contributed by atoms with van der Waals surface area (Å²) in [5.41, 5.74) is -0.914. The number of aliphatic carboxylic acids is 2. The average Bonchev–Trinajstić information content (AvgIpc) is 3.40. The van der Waals surface area contributed by atoms with Crippen LogP contribution in [0.3, 0.4) is 0 Å². The van der Waals surface area contributed by atoms with E-state index in [1.54, 1.807) is 6.92 Å². The van der Waals surface area contributed by atoms with Gasteiger partial charge in [0.15, 0.2) is 0 Å². The van der Waals surface area contributed by atoms with Gasteiger partial charge in [0.1, 0.15) is 5.78 Å². The van der Waals surface area contributed by atoms with Crippen LogP contribution in [0.5, 0.6) is 0 Å². The quantitative estimate of drug-likeness (QED) is 0.494. The molecule has 0 heterocycles. The van der Waals surface area contributed by atoms with Gasteiger partial charge in [-0.15, -0.1) is 0 Å². The van der Waals surface area contributed by atoms with E-state index in [2.05, 4.69) is 0 Å². The van der Waals surface area contributed by atoms with Crippen LogP contribution in [-0.2, 0) is 14.4 Å². The normalized spacial score (nSPS) is 19.9. The van der Waals surface area contributed by atoms with Crippen LogP contribution >= 0.6 is 0 Å². The third-order valence-corrected chi connectivity index (χ3v) is 6.11. The molecule has 2 aliphatic rings. The summed E-state index contributed by atoms with van der Waals surface area (Å²) >= 11 is 0. The van der Waals surface area contributed by atoms with Crippen LogP contribution in [0.15, 0.2) is 0 Å². The molecule has 0 aromatic carbocycles. The fourth-order valence-corrected chi connectivity index (χ4v) is 3.70. The number of unbranched alkanes of at least 4 members (excludes halogenated alkanes) is 2. The molecule has 0 saturated heterocycles. The third-order valence-electron chi connectivity index (χ3n) is 6.11. The monoisotopic (exact) mass is 338 g/mol. The van der Waals surface area contributed by atoms with E-state index in [9.17, 15) is 14.4 Å². The first kappa shape index (κ1) is 18.9. The Hall–Kier alpha value is -1.39. The number of Topliss-reactive ketones (excluding diaryl/α,β-unsaturated/α-hetero) is 1. The summed E-state index contributed by atoms with van der Waals surface area (Å²) in [5.74, 6) is -1.09. The second-order valence-electron chi connectivity index (χ2n) is 7.97. The van der Waals surface area contributed by atoms with Gasteiger partial charge in [-0.2, -0.15) is 0 Å². The first-order valence-electron chi connectivity index (χ1n) is 9.29. The van der Waals surface area contributed by atoms with Gasteiger partial charge < -0.3 is 10.2 Å². The molecule has 0 unspecified atom stereocenters. The van der Waals surface area contributed by atoms with Crippen LogP contribution in [0.25, 0.3) is 0 Å². The summed E-state index contributed by atoms with van der Waals surface area (Å²) in [6.07, 6.45) is 9.85. The van der Waals surface area contributed by atoms with Crippen LogP contribution in [0.1, 0.15) is 84.0 Å². The Kier molecular flexibility index (Phi) is 6.05. The fraction of sp³-hybridized carbons (Fsp3) is 0.842. The van der Waals surface area contributed by atoms with Crippen molar-refractivity contribution in [2.24, 2.45) is 16.7 Å². The molecule has 136 valence electrons. The summed E-state index contributed by atoms with van der Waals surface area (Å²) in [6, 6.07) is 0. The summed E-state index contributed by atoms with van der Waals surface area (Å²) in [4.78, 5) is 34.0. The molecule has 0 spiro atoms. The number of ketones is 1. The van der Waals surface area contributed by atoms with Crippen LogP contribution in [-0.4, -0.2) is 27.9 Å². The molecule has 0 amide bonds. The lowest BCUT2D eigenvalue weighted by molar-refractivity contribution is -0.144. The molecule has 0 aromatic heterocycles. The molecule has 0 radical (unpaired) electrons. The lowest BCUT2D eigenvalue weighted by atomic mass is 9.89. The van der Waals surface area contributed by atoms with E-state index in [1.807, 2.05) is 0 Å². The van der Waals surface area contributed by atoms with Crippen LogP contribution in [0.4, 0.5) is 0 Å². The number of carbonyl (C=O) groups is 3. The standard InChI is InChI=1S/C19H30O5/c1-14(20)15(6-2-4-8-18(10-11-18)16(21)22)7-3-5-9-19(12-13-19)17(23)24/h15H,2-13H2,1H3,(H,21,22)(H,23,24). The van der Waals surface area contributed by atoms with Gasteiger partial charge in [-0.1, -0.05) is 25.7 Å². The molecule has 2 rings (SSSR count). The van der Waals surface area contributed by atoms with Crippen LogP contribution < -0.4 is 0 Å². The smallest absolute Gasteiger partial charge is 0.309 e. The van der Waals surface area contributed by atoms with Gasteiger partial charge in [0.25, 0.3) is 0 Å². The lowest BCUT2D eigenvalue weighted by Gasteiger charge is -2.15. The maximum atomic E-state index is 11.8. The maximum absolute atomic E-state index is 11.8. The number of carboxylic acid groups (broad SMARTS) is 2. The van der Waals surface area contributed by atoms with Gasteiger partial charge in [-0.3, -0.25) is 14.4 Å². The Bertz CT molecular complexity index is 450. The van der Waals surface area contributed by atoms with Gasteiger partial charge in [0.2, 0.25) is 0 Å². The molecule has 5 heteroatoms. The Morgan fingerprint density at radius 3 is 1.42 bits per heavy atom. The van der Waals surface area contributed by atoms with Crippen molar-refractivity contribution in [3.63, 3.8) is 0 Å². The Morgan fingerprint density at radius 2 is 1.17 bits per heavy atom. The molecule has 2 saturated carbocycles. The highest BCUT2D eigenvalue weighted by molar-refractivity contribution is 5.78. The van der Waals surface area contributed by atoms with Gasteiger partial charge in [0.05, 0.1) is 10.8 Å². The lowest BCUT2D eigenvalue weighted by Crippen LogP contribution is -2.16. The van der Waals surface area contributed by atoms with E-state index in [1.165, 1.54) is 0 Å². The molecule has 0 bridgehead atoms. The largest absolute Gasteiger partial charge is 0.481 e. The predicted octanol–water partition coefficient (Wildman–Crippen LogP) is 4.04. The molecular formula is C19H30O5. The van der Waals surface area contributed by atoms with Crippen molar-refractivity contribution in [2.75, 3.05) is 0 Å². The van der Waals surface area contributed by atoms with Crippen molar-refractivity contribution in [2.45, 2.75) is 84.0 Å².